The van der Waals surface area contributed by atoms with Crippen LogP contribution in [0.1, 0.15) is 12.8 Å². The highest BCUT2D eigenvalue weighted by atomic mass is 35.5. The number of hydrogen-bond donors (Lipinski definition) is 0. The third kappa shape index (κ3) is 5.39. The van der Waals surface area contributed by atoms with Crippen LogP contribution >= 0.6 is 23.4 Å². The Balaban J connectivity index is 1.37. The summed E-state index contributed by atoms with van der Waals surface area (Å²) in [5, 5.41) is 0.740. The molecule has 0 unspecified atom stereocenters. The monoisotopic (exact) mass is 392 g/mol. The number of halogens is 2. The lowest BCUT2D eigenvalue weighted by molar-refractivity contribution is -0.131. The summed E-state index contributed by atoms with van der Waals surface area (Å²) in [6.45, 7) is 3.02. The molecule has 1 heterocycles. The van der Waals surface area contributed by atoms with Crippen LogP contribution in [0, 0.1) is 5.82 Å². The molecule has 0 bridgehead atoms. The van der Waals surface area contributed by atoms with Crippen molar-refractivity contribution >= 4 is 35.0 Å². The van der Waals surface area contributed by atoms with Crippen LogP contribution in [0.4, 0.5) is 10.1 Å². The number of amides is 1. The molecule has 26 heavy (non-hydrogen) atoms. The molecule has 1 fully saturated rings. The van der Waals surface area contributed by atoms with Crippen molar-refractivity contribution in [3.8, 4) is 0 Å². The smallest absolute Gasteiger partial charge is 0.222 e. The molecule has 0 aliphatic carbocycles. The maximum Gasteiger partial charge on any atom is 0.222 e. The highest BCUT2D eigenvalue weighted by Crippen LogP contribution is 2.22. The van der Waals surface area contributed by atoms with Gasteiger partial charge >= 0.3 is 0 Å². The lowest BCUT2D eigenvalue weighted by Gasteiger charge is -2.36. The summed E-state index contributed by atoms with van der Waals surface area (Å²) in [7, 11) is 0. The van der Waals surface area contributed by atoms with Gasteiger partial charge in [0.2, 0.25) is 5.91 Å². The molecule has 0 aromatic heterocycles. The molecule has 6 heteroatoms. The molecule has 1 aliphatic heterocycles. The number of carbonyl (C=O) groups excluding carboxylic acids is 1. The van der Waals surface area contributed by atoms with E-state index in [1.165, 1.54) is 17.0 Å². The largest absolute Gasteiger partial charge is 0.368 e. The van der Waals surface area contributed by atoms with Gasteiger partial charge in [0, 0.05) is 48.2 Å². The molecule has 1 aliphatic rings. The van der Waals surface area contributed by atoms with E-state index in [1.807, 2.05) is 29.2 Å². The maximum absolute atomic E-state index is 13.0. The first-order valence-electron chi connectivity index (χ1n) is 8.78. The van der Waals surface area contributed by atoms with E-state index in [4.69, 9.17) is 11.6 Å². The first-order valence-corrected chi connectivity index (χ1v) is 10.1. The maximum atomic E-state index is 13.0. The molecule has 1 saturated heterocycles. The summed E-state index contributed by atoms with van der Waals surface area (Å²) in [5.41, 5.74) is 1.01. The molecular formula is C20H22ClFN2OS. The first kappa shape index (κ1) is 19.1. The Bertz CT molecular complexity index is 716. The van der Waals surface area contributed by atoms with Gasteiger partial charge in [0.15, 0.2) is 0 Å². The summed E-state index contributed by atoms with van der Waals surface area (Å²) in [6.07, 6.45) is 1.45. The van der Waals surface area contributed by atoms with Gasteiger partial charge in [0.05, 0.1) is 0 Å². The normalized spacial score (nSPS) is 14.5. The molecule has 2 aromatic rings. The third-order valence-electron chi connectivity index (χ3n) is 4.44. The Morgan fingerprint density at radius 2 is 1.65 bits per heavy atom. The minimum atomic E-state index is -0.223. The zero-order chi connectivity index (χ0) is 18.4. The topological polar surface area (TPSA) is 23.6 Å². The van der Waals surface area contributed by atoms with E-state index in [1.54, 1.807) is 23.9 Å². The summed E-state index contributed by atoms with van der Waals surface area (Å²) in [6, 6.07) is 14.3. The van der Waals surface area contributed by atoms with Gasteiger partial charge in [-0.05, 0) is 60.7 Å². The number of rotatable bonds is 6. The summed E-state index contributed by atoms with van der Waals surface area (Å²) < 4.78 is 13.0. The SMILES string of the molecule is O=C(CCCSc1ccc(Cl)cc1)N1CCN(c2ccc(F)cc2)CC1. The molecule has 2 aromatic carbocycles. The number of nitrogens with zero attached hydrogens (tertiary/aromatic N) is 2. The number of benzene rings is 2. The lowest BCUT2D eigenvalue weighted by Crippen LogP contribution is -2.48. The molecule has 138 valence electrons. The van der Waals surface area contributed by atoms with Crippen molar-refractivity contribution in [2.24, 2.45) is 0 Å². The number of hydrogen-bond acceptors (Lipinski definition) is 3. The van der Waals surface area contributed by atoms with E-state index in [9.17, 15) is 9.18 Å². The van der Waals surface area contributed by atoms with Crippen LogP contribution in [-0.4, -0.2) is 42.7 Å². The molecule has 0 spiro atoms. The molecule has 0 saturated carbocycles. The van der Waals surface area contributed by atoms with Crippen molar-refractivity contribution in [3.63, 3.8) is 0 Å². The average Bonchev–Trinajstić information content (AvgIpc) is 2.67. The van der Waals surface area contributed by atoms with Gasteiger partial charge in [-0.1, -0.05) is 11.6 Å². The quantitative estimate of drug-likeness (QED) is 0.526. The van der Waals surface area contributed by atoms with Crippen molar-refractivity contribution in [1.82, 2.24) is 4.90 Å². The Morgan fingerprint density at radius 1 is 1.00 bits per heavy atom. The Morgan fingerprint density at radius 3 is 2.31 bits per heavy atom. The Labute approximate surface area is 163 Å². The minimum absolute atomic E-state index is 0.223. The van der Waals surface area contributed by atoms with Crippen LogP contribution in [0.2, 0.25) is 5.02 Å². The van der Waals surface area contributed by atoms with E-state index in [2.05, 4.69) is 4.90 Å². The lowest BCUT2D eigenvalue weighted by atomic mass is 10.2. The highest BCUT2D eigenvalue weighted by molar-refractivity contribution is 7.99. The van der Waals surface area contributed by atoms with Crippen LogP contribution in [0.3, 0.4) is 0 Å². The second kappa shape index (κ2) is 9.28. The van der Waals surface area contributed by atoms with E-state index in [-0.39, 0.29) is 11.7 Å². The number of piperazine rings is 1. The van der Waals surface area contributed by atoms with Crippen LogP contribution in [-0.2, 0) is 4.79 Å². The fourth-order valence-corrected chi connectivity index (χ4v) is 3.95. The number of anilines is 1. The molecular weight excluding hydrogens is 371 g/mol. The van der Waals surface area contributed by atoms with Gasteiger partial charge in [-0.2, -0.15) is 0 Å². The van der Waals surface area contributed by atoms with Crippen molar-refractivity contribution in [2.75, 3.05) is 36.8 Å². The Hall–Kier alpha value is -1.72. The van der Waals surface area contributed by atoms with Crippen molar-refractivity contribution < 1.29 is 9.18 Å². The van der Waals surface area contributed by atoms with Gasteiger partial charge in [0.1, 0.15) is 5.82 Å². The van der Waals surface area contributed by atoms with Gasteiger partial charge in [-0.25, -0.2) is 4.39 Å². The third-order valence-corrected chi connectivity index (χ3v) is 5.79. The zero-order valence-electron chi connectivity index (χ0n) is 14.5. The van der Waals surface area contributed by atoms with Crippen LogP contribution in [0.15, 0.2) is 53.4 Å². The van der Waals surface area contributed by atoms with E-state index in [0.29, 0.717) is 6.42 Å². The summed E-state index contributed by atoms with van der Waals surface area (Å²) in [5.74, 6) is 0.919. The predicted molar refractivity (Wildman–Crippen MR) is 107 cm³/mol. The number of carbonyl (C=O) groups is 1. The summed E-state index contributed by atoms with van der Waals surface area (Å²) >= 11 is 7.63. The van der Waals surface area contributed by atoms with Crippen LogP contribution < -0.4 is 4.90 Å². The second-order valence-electron chi connectivity index (χ2n) is 6.25. The predicted octanol–water partition coefficient (Wildman–Crippen LogP) is 4.70. The fraction of sp³-hybridized carbons (Fsp3) is 0.350. The molecule has 3 nitrogen and oxygen atoms in total. The molecule has 0 radical (unpaired) electrons. The van der Waals surface area contributed by atoms with E-state index >= 15 is 0 Å². The second-order valence-corrected chi connectivity index (χ2v) is 7.85. The first-order chi connectivity index (χ1) is 12.6. The standard InChI is InChI=1S/C20H22ClFN2OS/c21-16-3-9-19(10-4-16)26-15-1-2-20(25)24-13-11-23(12-14-24)18-7-5-17(22)6-8-18/h3-10H,1-2,11-15H2. The van der Waals surface area contributed by atoms with Crippen LogP contribution in [0.5, 0.6) is 0 Å². The molecule has 1 amide bonds. The average molecular weight is 393 g/mol. The van der Waals surface area contributed by atoms with Crippen molar-refractivity contribution in [1.29, 1.82) is 0 Å². The Kier molecular flexibility index (Phi) is 6.80. The minimum Gasteiger partial charge on any atom is -0.368 e. The highest BCUT2D eigenvalue weighted by Gasteiger charge is 2.20. The van der Waals surface area contributed by atoms with Gasteiger partial charge in [0.25, 0.3) is 0 Å². The fourth-order valence-electron chi connectivity index (χ4n) is 2.97. The molecule has 0 N–H and O–H groups in total. The van der Waals surface area contributed by atoms with Gasteiger partial charge in [-0.15, -0.1) is 11.8 Å². The van der Waals surface area contributed by atoms with Crippen molar-refractivity contribution in [2.45, 2.75) is 17.7 Å². The van der Waals surface area contributed by atoms with Crippen LogP contribution in [0.25, 0.3) is 0 Å². The van der Waals surface area contributed by atoms with Crippen molar-refractivity contribution in [3.05, 3.63) is 59.4 Å². The molecule has 0 atom stereocenters. The van der Waals surface area contributed by atoms with Gasteiger partial charge in [-0.3, -0.25) is 4.79 Å². The zero-order valence-corrected chi connectivity index (χ0v) is 16.1. The van der Waals surface area contributed by atoms with E-state index in [0.717, 1.165) is 49.1 Å². The molecule has 3 rings (SSSR count). The van der Waals surface area contributed by atoms with Gasteiger partial charge < -0.3 is 9.80 Å². The van der Waals surface area contributed by atoms with E-state index < -0.39 is 0 Å². The number of thioether (sulfide) groups is 1. The summed E-state index contributed by atoms with van der Waals surface area (Å²) in [4.78, 5) is 17.7.